The maximum absolute atomic E-state index is 10.2. The molecule has 1 aliphatic carbocycles. The number of nitrogens with zero attached hydrogens (tertiary/aromatic N) is 3. The molecule has 3 rings (SSSR count). The van der Waals surface area contributed by atoms with Crippen molar-refractivity contribution in [1.82, 2.24) is 14.7 Å². The van der Waals surface area contributed by atoms with Crippen LogP contribution in [0.3, 0.4) is 0 Å². The minimum atomic E-state index is -0.529. The van der Waals surface area contributed by atoms with Crippen molar-refractivity contribution in [2.75, 3.05) is 60.0 Å². The Labute approximate surface area is 176 Å². The average molecular weight is 406 g/mol. The van der Waals surface area contributed by atoms with Crippen LogP contribution in [-0.2, 0) is 6.54 Å². The summed E-state index contributed by atoms with van der Waals surface area (Å²) < 4.78 is 11.4. The second-order valence-electron chi connectivity index (χ2n) is 9.00. The van der Waals surface area contributed by atoms with Gasteiger partial charge in [0.25, 0.3) is 0 Å². The van der Waals surface area contributed by atoms with E-state index >= 15 is 0 Å². The fraction of sp³-hybridized carbons (Fsp3) is 0.739. The number of rotatable bonds is 11. The topological polar surface area (TPSA) is 48.4 Å². The van der Waals surface area contributed by atoms with Gasteiger partial charge >= 0.3 is 0 Å². The maximum Gasteiger partial charge on any atom is 0.161 e. The van der Waals surface area contributed by atoms with E-state index in [0.717, 1.165) is 31.3 Å². The van der Waals surface area contributed by atoms with E-state index in [-0.39, 0.29) is 6.61 Å². The third-order valence-electron chi connectivity index (χ3n) is 6.12. The molecule has 2 fully saturated rings. The van der Waals surface area contributed by atoms with Crippen LogP contribution in [-0.4, -0.2) is 92.0 Å². The Bertz CT molecular complexity index is 628. The molecule has 1 N–H and O–H groups in total. The van der Waals surface area contributed by atoms with Crippen LogP contribution in [0.4, 0.5) is 0 Å². The van der Waals surface area contributed by atoms with Gasteiger partial charge < -0.3 is 24.4 Å². The monoisotopic (exact) mass is 405 g/mol. The summed E-state index contributed by atoms with van der Waals surface area (Å²) in [6.45, 7) is 11.9. The number of hydrogen-bond donors (Lipinski definition) is 1. The molecule has 1 aromatic rings. The van der Waals surface area contributed by atoms with E-state index in [9.17, 15) is 5.11 Å². The zero-order valence-electron chi connectivity index (χ0n) is 18.6. The van der Waals surface area contributed by atoms with Crippen molar-refractivity contribution in [1.29, 1.82) is 0 Å². The first kappa shape index (κ1) is 22.3. The van der Waals surface area contributed by atoms with Gasteiger partial charge in [0.2, 0.25) is 0 Å². The van der Waals surface area contributed by atoms with Crippen LogP contribution < -0.4 is 9.47 Å². The smallest absolute Gasteiger partial charge is 0.161 e. The molecule has 29 heavy (non-hydrogen) atoms. The fourth-order valence-electron chi connectivity index (χ4n) is 3.77. The maximum atomic E-state index is 10.2. The van der Waals surface area contributed by atoms with E-state index in [1.165, 1.54) is 38.0 Å². The Balaban J connectivity index is 1.46. The van der Waals surface area contributed by atoms with Crippen molar-refractivity contribution in [2.24, 2.45) is 5.92 Å². The highest BCUT2D eigenvalue weighted by Crippen LogP contribution is 2.31. The number of aliphatic hydroxyl groups excluding tert-OH is 1. The van der Waals surface area contributed by atoms with Crippen molar-refractivity contribution in [3.05, 3.63) is 23.8 Å². The van der Waals surface area contributed by atoms with E-state index in [0.29, 0.717) is 18.3 Å². The van der Waals surface area contributed by atoms with E-state index in [1.807, 2.05) is 13.1 Å². The molecule has 2 aliphatic rings. The highest BCUT2D eigenvalue weighted by atomic mass is 16.5. The van der Waals surface area contributed by atoms with Crippen LogP contribution in [0.1, 0.15) is 32.3 Å². The molecule has 1 saturated heterocycles. The van der Waals surface area contributed by atoms with Gasteiger partial charge in [-0.3, -0.25) is 4.90 Å². The van der Waals surface area contributed by atoms with Crippen LogP contribution in [0.25, 0.3) is 0 Å². The van der Waals surface area contributed by atoms with Gasteiger partial charge in [0.05, 0.1) is 7.11 Å². The number of aliphatic hydroxyl groups is 1. The van der Waals surface area contributed by atoms with Gasteiger partial charge in [-0.1, -0.05) is 6.07 Å². The lowest BCUT2D eigenvalue weighted by Gasteiger charge is -2.34. The molecule has 1 aromatic carbocycles. The highest BCUT2D eigenvalue weighted by Gasteiger charge is 2.26. The lowest BCUT2D eigenvalue weighted by atomic mass is 10.1. The molecular weight excluding hydrogens is 366 g/mol. The van der Waals surface area contributed by atoms with Crippen molar-refractivity contribution < 1.29 is 14.6 Å². The Hall–Kier alpha value is -1.34. The Morgan fingerprint density at radius 1 is 1.10 bits per heavy atom. The van der Waals surface area contributed by atoms with Gasteiger partial charge in [-0.05, 0) is 57.4 Å². The minimum Gasteiger partial charge on any atom is -0.493 e. The largest absolute Gasteiger partial charge is 0.493 e. The Morgan fingerprint density at radius 3 is 2.41 bits per heavy atom. The standard InChI is InChI=1S/C23H39N3O3/c1-18(2)24(3)16-21(27)17-29-22-8-7-20(13-23(22)28-4)15-26-11-9-25(10-12-26)14-19-5-6-19/h7-8,13,18-19,21,27H,5-6,9-12,14-17H2,1-4H3/t21-/m1/s1. The number of piperazine rings is 1. The SMILES string of the molecule is COc1cc(CN2CCN(CC3CC3)CC2)ccc1OC[C@H](O)CN(C)C(C)C. The van der Waals surface area contributed by atoms with Crippen LogP contribution >= 0.6 is 0 Å². The van der Waals surface area contributed by atoms with Crippen molar-refractivity contribution in [2.45, 2.75) is 45.4 Å². The molecule has 0 amide bonds. The normalized spacial score (nSPS) is 19.7. The van der Waals surface area contributed by atoms with E-state index in [2.05, 4.69) is 40.7 Å². The summed E-state index contributed by atoms with van der Waals surface area (Å²) in [5, 5.41) is 10.2. The lowest BCUT2D eigenvalue weighted by Crippen LogP contribution is -2.46. The van der Waals surface area contributed by atoms with Gasteiger partial charge in [0.15, 0.2) is 11.5 Å². The third-order valence-corrected chi connectivity index (χ3v) is 6.12. The number of methoxy groups -OCH3 is 1. The number of ether oxygens (including phenoxy) is 2. The summed E-state index contributed by atoms with van der Waals surface area (Å²) in [5.74, 6) is 2.40. The highest BCUT2D eigenvalue weighted by molar-refractivity contribution is 5.43. The molecule has 1 aliphatic heterocycles. The summed E-state index contributed by atoms with van der Waals surface area (Å²) >= 11 is 0. The number of likely N-dealkylation sites (N-methyl/N-ethyl adjacent to an activating group) is 1. The second-order valence-corrected chi connectivity index (χ2v) is 9.00. The number of benzene rings is 1. The third kappa shape index (κ3) is 7.14. The molecule has 0 bridgehead atoms. The summed E-state index contributed by atoms with van der Waals surface area (Å²) in [7, 11) is 3.68. The van der Waals surface area contributed by atoms with Crippen molar-refractivity contribution >= 4 is 0 Å². The molecule has 0 radical (unpaired) electrons. The minimum absolute atomic E-state index is 0.260. The first-order chi connectivity index (χ1) is 13.9. The van der Waals surface area contributed by atoms with Gasteiger partial charge in [0.1, 0.15) is 12.7 Å². The Morgan fingerprint density at radius 2 is 1.79 bits per heavy atom. The summed E-state index contributed by atoms with van der Waals surface area (Å²) in [6, 6.07) is 6.55. The fourth-order valence-corrected chi connectivity index (χ4v) is 3.77. The molecular formula is C23H39N3O3. The van der Waals surface area contributed by atoms with E-state index in [4.69, 9.17) is 9.47 Å². The first-order valence-corrected chi connectivity index (χ1v) is 11.1. The second kappa shape index (κ2) is 10.6. The van der Waals surface area contributed by atoms with Gasteiger partial charge in [-0.25, -0.2) is 0 Å². The van der Waals surface area contributed by atoms with Crippen LogP contribution in [0.5, 0.6) is 11.5 Å². The van der Waals surface area contributed by atoms with Crippen molar-refractivity contribution in [3.8, 4) is 11.5 Å². The van der Waals surface area contributed by atoms with Gasteiger partial charge in [-0.2, -0.15) is 0 Å². The zero-order valence-corrected chi connectivity index (χ0v) is 18.6. The first-order valence-electron chi connectivity index (χ1n) is 11.1. The molecule has 1 saturated carbocycles. The van der Waals surface area contributed by atoms with E-state index in [1.54, 1.807) is 7.11 Å². The predicted molar refractivity (Wildman–Crippen MR) is 117 cm³/mol. The molecule has 164 valence electrons. The number of hydrogen-bond acceptors (Lipinski definition) is 6. The molecule has 1 atom stereocenters. The van der Waals surface area contributed by atoms with Crippen LogP contribution in [0.2, 0.25) is 0 Å². The molecule has 6 heteroatoms. The molecule has 6 nitrogen and oxygen atoms in total. The molecule has 0 unspecified atom stereocenters. The van der Waals surface area contributed by atoms with Gasteiger partial charge in [0, 0.05) is 51.9 Å². The summed E-state index contributed by atoms with van der Waals surface area (Å²) in [6.07, 6.45) is 2.33. The zero-order chi connectivity index (χ0) is 20.8. The molecule has 0 aromatic heterocycles. The quantitative estimate of drug-likeness (QED) is 0.610. The summed E-state index contributed by atoms with van der Waals surface area (Å²) in [5.41, 5.74) is 1.24. The van der Waals surface area contributed by atoms with Crippen molar-refractivity contribution in [3.63, 3.8) is 0 Å². The van der Waals surface area contributed by atoms with Crippen LogP contribution in [0.15, 0.2) is 18.2 Å². The molecule has 0 spiro atoms. The van der Waals surface area contributed by atoms with Gasteiger partial charge in [-0.15, -0.1) is 0 Å². The predicted octanol–water partition coefficient (Wildman–Crippen LogP) is 2.30. The lowest BCUT2D eigenvalue weighted by molar-refractivity contribution is 0.0668. The van der Waals surface area contributed by atoms with Crippen LogP contribution in [0, 0.1) is 5.92 Å². The molecule has 1 heterocycles. The summed E-state index contributed by atoms with van der Waals surface area (Å²) in [4.78, 5) is 7.25. The average Bonchev–Trinajstić information content (AvgIpc) is 3.52. The Kier molecular flexibility index (Phi) is 8.18. The van der Waals surface area contributed by atoms with E-state index < -0.39 is 6.10 Å².